The fourth-order valence-corrected chi connectivity index (χ4v) is 2.65. The smallest absolute Gasteiger partial charge is 0.255 e. The van der Waals surface area contributed by atoms with Crippen LogP contribution in [0.3, 0.4) is 0 Å². The predicted octanol–water partition coefficient (Wildman–Crippen LogP) is 4.07. The molecule has 3 aromatic rings. The second-order valence-corrected chi connectivity index (χ2v) is 5.70. The maximum Gasteiger partial charge on any atom is 0.255 e. The van der Waals surface area contributed by atoms with E-state index in [9.17, 15) is 4.79 Å². The van der Waals surface area contributed by atoms with Crippen molar-refractivity contribution in [3.63, 3.8) is 0 Å². The number of carbonyl (C=O) groups is 1. The molecule has 26 heavy (non-hydrogen) atoms. The number of ether oxygens (including phenoxy) is 2. The zero-order valence-corrected chi connectivity index (χ0v) is 14.9. The molecule has 1 N–H and O–H groups in total. The molecule has 3 rings (SSSR count). The average Bonchev–Trinajstić information content (AvgIpc) is 2.68. The summed E-state index contributed by atoms with van der Waals surface area (Å²) < 4.78 is 10.3. The third-order valence-corrected chi connectivity index (χ3v) is 3.99. The number of hydrogen-bond acceptors (Lipinski definition) is 5. The highest BCUT2D eigenvalue weighted by Crippen LogP contribution is 2.33. The summed E-state index contributed by atoms with van der Waals surface area (Å²) in [6.45, 7) is 0. The van der Waals surface area contributed by atoms with Crippen LogP contribution in [0.1, 0.15) is 10.4 Å². The minimum atomic E-state index is -0.293. The van der Waals surface area contributed by atoms with Gasteiger partial charge in [-0.2, -0.15) is 0 Å². The molecule has 2 heterocycles. The summed E-state index contributed by atoms with van der Waals surface area (Å²) in [5.41, 5.74) is 2.28. The summed E-state index contributed by atoms with van der Waals surface area (Å²) in [6, 6.07) is 12.0. The molecule has 0 aliphatic heterocycles. The molecule has 0 fully saturated rings. The zero-order chi connectivity index (χ0) is 18.5. The molecule has 0 atom stereocenters. The lowest BCUT2D eigenvalue weighted by Gasteiger charge is -2.10. The lowest BCUT2D eigenvalue weighted by atomic mass is 10.1. The van der Waals surface area contributed by atoms with Crippen molar-refractivity contribution in [1.82, 2.24) is 9.97 Å². The van der Waals surface area contributed by atoms with E-state index in [0.717, 1.165) is 0 Å². The zero-order valence-electron chi connectivity index (χ0n) is 14.2. The Kier molecular flexibility index (Phi) is 5.34. The van der Waals surface area contributed by atoms with Gasteiger partial charge >= 0.3 is 0 Å². The number of nitrogens with zero attached hydrogens (tertiary/aromatic N) is 2. The second kappa shape index (κ2) is 7.84. The van der Waals surface area contributed by atoms with Crippen LogP contribution in [0.5, 0.6) is 11.6 Å². The van der Waals surface area contributed by atoms with E-state index in [-0.39, 0.29) is 5.91 Å². The van der Waals surface area contributed by atoms with Crippen molar-refractivity contribution in [2.75, 3.05) is 19.5 Å². The highest BCUT2D eigenvalue weighted by molar-refractivity contribution is 6.33. The molecular weight excluding hydrogens is 354 g/mol. The lowest BCUT2D eigenvalue weighted by molar-refractivity contribution is 0.102. The average molecular weight is 370 g/mol. The van der Waals surface area contributed by atoms with Crippen LogP contribution in [-0.2, 0) is 0 Å². The van der Waals surface area contributed by atoms with E-state index < -0.39 is 0 Å². The van der Waals surface area contributed by atoms with E-state index in [2.05, 4.69) is 15.3 Å². The molecule has 0 aliphatic carbocycles. The number of benzene rings is 1. The quantitative estimate of drug-likeness (QED) is 0.734. The maximum absolute atomic E-state index is 12.4. The van der Waals surface area contributed by atoms with Crippen molar-refractivity contribution in [1.29, 1.82) is 0 Å². The Morgan fingerprint density at radius 1 is 1.08 bits per heavy atom. The number of nitrogens with one attached hydrogen (secondary N) is 1. The molecule has 132 valence electrons. The highest BCUT2D eigenvalue weighted by Gasteiger charge is 2.14. The van der Waals surface area contributed by atoms with Gasteiger partial charge in [-0.25, -0.2) is 4.98 Å². The first-order chi connectivity index (χ1) is 12.6. The number of anilines is 1. The van der Waals surface area contributed by atoms with E-state index in [1.54, 1.807) is 55.8 Å². The number of pyridine rings is 2. The molecule has 1 amide bonds. The van der Waals surface area contributed by atoms with Gasteiger partial charge in [0.05, 0.1) is 31.1 Å². The second-order valence-electron chi connectivity index (χ2n) is 5.29. The monoisotopic (exact) mass is 369 g/mol. The number of halogens is 1. The molecule has 0 saturated heterocycles. The van der Waals surface area contributed by atoms with Crippen LogP contribution in [0.25, 0.3) is 11.3 Å². The largest absolute Gasteiger partial charge is 0.494 e. The third kappa shape index (κ3) is 3.75. The van der Waals surface area contributed by atoms with Crippen molar-refractivity contribution < 1.29 is 14.3 Å². The van der Waals surface area contributed by atoms with Crippen molar-refractivity contribution in [3.8, 4) is 22.9 Å². The van der Waals surface area contributed by atoms with Gasteiger partial charge in [-0.05, 0) is 30.3 Å². The van der Waals surface area contributed by atoms with E-state index in [1.165, 1.54) is 13.3 Å². The Morgan fingerprint density at radius 3 is 2.58 bits per heavy atom. The van der Waals surface area contributed by atoms with Crippen molar-refractivity contribution >= 4 is 23.2 Å². The van der Waals surface area contributed by atoms with Crippen LogP contribution < -0.4 is 14.8 Å². The number of amides is 1. The van der Waals surface area contributed by atoms with E-state index in [4.69, 9.17) is 21.1 Å². The standard InChI is InChI=1S/C19H16ClN3O3/c1-25-16-4-3-9-21-18(16)14-7-5-12(10-15(14)20)19(24)23-13-6-8-17(26-2)22-11-13/h3-11H,1-2H3,(H,23,24). The van der Waals surface area contributed by atoms with Gasteiger partial charge in [-0.15, -0.1) is 0 Å². The Hall–Kier alpha value is -3.12. The molecule has 0 bridgehead atoms. The van der Waals surface area contributed by atoms with Gasteiger partial charge in [0.1, 0.15) is 11.4 Å². The molecule has 0 aliphatic rings. The fourth-order valence-electron chi connectivity index (χ4n) is 2.38. The Balaban J connectivity index is 1.83. The van der Waals surface area contributed by atoms with Gasteiger partial charge < -0.3 is 14.8 Å². The summed E-state index contributed by atoms with van der Waals surface area (Å²) in [4.78, 5) is 20.8. The third-order valence-electron chi connectivity index (χ3n) is 3.68. The SMILES string of the molecule is COc1ccc(NC(=O)c2ccc(-c3ncccc3OC)c(Cl)c2)cn1. The van der Waals surface area contributed by atoms with Gasteiger partial charge in [0.2, 0.25) is 5.88 Å². The number of hydrogen-bond donors (Lipinski definition) is 1. The first kappa shape index (κ1) is 17.7. The Labute approximate surface area is 155 Å². The fraction of sp³-hybridized carbons (Fsp3) is 0.105. The predicted molar refractivity (Wildman–Crippen MR) is 100.0 cm³/mol. The molecule has 0 radical (unpaired) electrons. The summed E-state index contributed by atoms with van der Waals surface area (Å²) in [7, 11) is 3.10. The Bertz CT molecular complexity index is 930. The molecule has 0 unspecified atom stereocenters. The molecule has 2 aromatic heterocycles. The molecule has 1 aromatic carbocycles. The normalized spacial score (nSPS) is 10.3. The summed E-state index contributed by atoms with van der Waals surface area (Å²) in [5.74, 6) is 0.786. The summed E-state index contributed by atoms with van der Waals surface area (Å²) in [6.07, 6.45) is 3.18. The molecule has 6 nitrogen and oxygen atoms in total. The van der Waals surface area contributed by atoms with Crippen LogP contribution in [-0.4, -0.2) is 30.1 Å². The van der Waals surface area contributed by atoms with Crippen LogP contribution in [0.4, 0.5) is 5.69 Å². The van der Waals surface area contributed by atoms with Crippen LogP contribution in [0, 0.1) is 0 Å². The van der Waals surface area contributed by atoms with Gasteiger partial charge in [-0.3, -0.25) is 9.78 Å². The molecule has 7 heteroatoms. The van der Waals surface area contributed by atoms with Gasteiger partial charge in [0.15, 0.2) is 0 Å². The minimum Gasteiger partial charge on any atom is -0.494 e. The Morgan fingerprint density at radius 2 is 1.92 bits per heavy atom. The first-order valence-corrected chi connectivity index (χ1v) is 8.10. The molecular formula is C19H16ClN3O3. The van der Waals surface area contributed by atoms with Gasteiger partial charge in [0, 0.05) is 23.4 Å². The van der Waals surface area contributed by atoms with Crippen LogP contribution in [0.2, 0.25) is 5.02 Å². The number of methoxy groups -OCH3 is 2. The van der Waals surface area contributed by atoms with Crippen LogP contribution in [0.15, 0.2) is 54.9 Å². The van der Waals surface area contributed by atoms with E-state index >= 15 is 0 Å². The van der Waals surface area contributed by atoms with Gasteiger partial charge in [-0.1, -0.05) is 17.7 Å². The maximum atomic E-state index is 12.4. The van der Waals surface area contributed by atoms with E-state index in [0.29, 0.717) is 39.2 Å². The number of rotatable bonds is 5. The molecule has 0 saturated carbocycles. The number of carbonyl (C=O) groups excluding carboxylic acids is 1. The first-order valence-electron chi connectivity index (χ1n) is 7.72. The highest BCUT2D eigenvalue weighted by atomic mass is 35.5. The number of aromatic nitrogens is 2. The van der Waals surface area contributed by atoms with Crippen molar-refractivity contribution in [2.45, 2.75) is 0 Å². The summed E-state index contributed by atoms with van der Waals surface area (Å²) in [5, 5.41) is 3.17. The van der Waals surface area contributed by atoms with Gasteiger partial charge in [0.25, 0.3) is 5.91 Å². The van der Waals surface area contributed by atoms with Crippen molar-refractivity contribution in [2.24, 2.45) is 0 Å². The van der Waals surface area contributed by atoms with Crippen LogP contribution >= 0.6 is 11.6 Å². The van der Waals surface area contributed by atoms with Crippen molar-refractivity contribution in [3.05, 3.63) is 65.4 Å². The molecule has 0 spiro atoms. The summed E-state index contributed by atoms with van der Waals surface area (Å²) >= 11 is 6.38. The lowest BCUT2D eigenvalue weighted by Crippen LogP contribution is -2.12. The van der Waals surface area contributed by atoms with E-state index in [1.807, 2.05) is 0 Å². The minimum absolute atomic E-state index is 0.293. The topological polar surface area (TPSA) is 73.3 Å².